The maximum absolute atomic E-state index is 12.6. The molecule has 0 N–H and O–H groups in total. The summed E-state index contributed by atoms with van der Waals surface area (Å²) < 4.78 is 5.00. The Morgan fingerprint density at radius 3 is 2.47 bits per heavy atom. The molecule has 5 heteroatoms. The summed E-state index contributed by atoms with van der Waals surface area (Å²) >= 11 is 0. The maximum atomic E-state index is 12.6. The highest BCUT2D eigenvalue weighted by molar-refractivity contribution is 5.85. The molecule has 0 spiro atoms. The van der Waals surface area contributed by atoms with E-state index in [9.17, 15) is 10.1 Å². The Hall–Kier alpha value is -1.59. The molecule has 0 unspecified atom stereocenters. The van der Waals surface area contributed by atoms with Crippen molar-refractivity contribution >= 4 is 5.91 Å². The van der Waals surface area contributed by atoms with Crippen LogP contribution in [0.1, 0.15) is 38.5 Å². The standard InChI is InChI=1S/C14H21N3O2/c1-19-11-10-17(9-5-8-15)13(18)14(12-16)6-3-2-4-7-14/h2-7,9-11H2,1H3. The monoisotopic (exact) mass is 263 g/mol. The van der Waals surface area contributed by atoms with Crippen molar-refractivity contribution in [3.8, 4) is 12.1 Å². The van der Waals surface area contributed by atoms with E-state index in [0.29, 0.717) is 32.5 Å². The number of nitriles is 2. The van der Waals surface area contributed by atoms with E-state index in [0.717, 1.165) is 19.3 Å². The first-order valence-corrected chi connectivity index (χ1v) is 6.76. The minimum absolute atomic E-state index is 0.123. The van der Waals surface area contributed by atoms with Crippen molar-refractivity contribution in [3.05, 3.63) is 0 Å². The summed E-state index contributed by atoms with van der Waals surface area (Å²) in [4.78, 5) is 14.2. The van der Waals surface area contributed by atoms with E-state index in [1.807, 2.05) is 6.07 Å². The van der Waals surface area contributed by atoms with Gasteiger partial charge in [-0.1, -0.05) is 19.3 Å². The summed E-state index contributed by atoms with van der Waals surface area (Å²) in [6, 6.07) is 4.28. The van der Waals surface area contributed by atoms with Crippen molar-refractivity contribution < 1.29 is 9.53 Å². The first-order chi connectivity index (χ1) is 9.20. The second-order valence-corrected chi connectivity index (χ2v) is 4.95. The quantitative estimate of drug-likeness (QED) is 0.732. The van der Waals surface area contributed by atoms with Crippen LogP contribution in [0.25, 0.3) is 0 Å². The molecule has 0 heterocycles. The van der Waals surface area contributed by atoms with Gasteiger partial charge < -0.3 is 9.64 Å². The van der Waals surface area contributed by atoms with Crippen molar-refractivity contribution in [3.63, 3.8) is 0 Å². The van der Waals surface area contributed by atoms with Crippen LogP contribution >= 0.6 is 0 Å². The van der Waals surface area contributed by atoms with E-state index in [1.165, 1.54) is 0 Å². The topological polar surface area (TPSA) is 77.1 Å². The Balaban J connectivity index is 2.77. The number of amides is 1. The van der Waals surface area contributed by atoms with Gasteiger partial charge in [-0.2, -0.15) is 10.5 Å². The smallest absolute Gasteiger partial charge is 0.243 e. The van der Waals surface area contributed by atoms with E-state index in [4.69, 9.17) is 10.00 Å². The molecular weight excluding hydrogens is 242 g/mol. The van der Waals surface area contributed by atoms with Gasteiger partial charge in [0.1, 0.15) is 5.41 Å². The largest absolute Gasteiger partial charge is 0.383 e. The molecule has 1 aliphatic rings. The van der Waals surface area contributed by atoms with Gasteiger partial charge in [0.2, 0.25) is 5.91 Å². The highest BCUT2D eigenvalue weighted by Crippen LogP contribution is 2.37. The number of hydrogen-bond acceptors (Lipinski definition) is 4. The van der Waals surface area contributed by atoms with Crippen LogP contribution < -0.4 is 0 Å². The fourth-order valence-corrected chi connectivity index (χ4v) is 2.53. The van der Waals surface area contributed by atoms with E-state index in [1.54, 1.807) is 12.0 Å². The summed E-state index contributed by atoms with van der Waals surface area (Å²) in [5.41, 5.74) is -0.874. The Bertz CT molecular complexity index is 375. The number of rotatable bonds is 6. The SMILES string of the molecule is COCCN(CCC#N)C(=O)C1(C#N)CCCCC1. The van der Waals surface area contributed by atoms with Gasteiger partial charge in [0.15, 0.2) is 0 Å². The van der Waals surface area contributed by atoms with Crippen molar-refractivity contribution in [2.75, 3.05) is 26.8 Å². The van der Waals surface area contributed by atoms with Gasteiger partial charge >= 0.3 is 0 Å². The van der Waals surface area contributed by atoms with E-state index in [-0.39, 0.29) is 12.3 Å². The number of nitrogens with zero attached hydrogens (tertiary/aromatic N) is 3. The minimum atomic E-state index is -0.874. The molecular formula is C14H21N3O2. The molecule has 0 saturated heterocycles. The first-order valence-electron chi connectivity index (χ1n) is 6.76. The second kappa shape index (κ2) is 7.76. The van der Waals surface area contributed by atoms with Crippen LogP contribution in [0.3, 0.4) is 0 Å². The molecule has 19 heavy (non-hydrogen) atoms. The first kappa shape index (κ1) is 15.5. The lowest BCUT2D eigenvalue weighted by molar-refractivity contribution is -0.141. The van der Waals surface area contributed by atoms with Crippen LogP contribution in [-0.2, 0) is 9.53 Å². The summed E-state index contributed by atoms with van der Waals surface area (Å²) in [7, 11) is 1.58. The molecule has 0 aromatic rings. The molecule has 0 bridgehead atoms. The van der Waals surface area contributed by atoms with Crippen molar-refractivity contribution in [1.29, 1.82) is 10.5 Å². The lowest BCUT2D eigenvalue weighted by Crippen LogP contribution is -2.46. The minimum Gasteiger partial charge on any atom is -0.383 e. The van der Waals surface area contributed by atoms with E-state index in [2.05, 4.69) is 6.07 Å². The van der Waals surface area contributed by atoms with Crippen LogP contribution in [0.5, 0.6) is 0 Å². The fraction of sp³-hybridized carbons (Fsp3) is 0.786. The Labute approximate surface area is 114 Å². The molecule has 5 nitrogen and oxygen atoms in total. The summed E-state index contributed by atoms with van der Waals surface area (Å²) in [6.45, 7) is 1.25. The highest BCUT2D eigenvalue weighted by Gasteiger charge is 2.42. The van der Waals surface area contributed by atoms with E-state index < -0.39 is 5.41 Å². The van der Waals surface area contributed by atoms with Crippen LogP contribution in [0, 0.1) is 28.1 Å². The molecule has 0 aromatic carbocycles. The number of carbonyl (C=O) groups excluding carboxylic acids is 1. The lowest BCUT2D eigenvalue weighted by atomic mass is 9.74. The van der Waals surface area contributed by atoms with Crippen LogP contribution in [0.15, 0.2) is 0 Å². The van der Waals surface area contributed by atoms with Crippen LogP contribution in [0.2, 0.25) is 0 Å². The van der Waals surface area contributed by atoms with Gasteiger partial charge in [-0.3, -0.25) is 4.79 Å². The predicted molar refractivity (Wildman–Crippen MR) is 69.8 cm³/mol. The summed E-state index contributed by atoms with van der Waals surface area (Å²) in [6.07, 6.45) is 4.51. The van der Waals surface area contributed by atoms with Crippen LogP contribution in [0.4, 0.5) is 0 Å². The molecule has 0 atom stereocenters. The Morgan fingerprint density at radius 2 is 1.95 bits per heavy atom. The van der Waals surface area contributed by atoms with Gasteiger partial charge in [-0.25, -0.2) is 0 Å². The molecule has 0 radical (unpaired) electrons. The number of ether oxygens (including phenoxy) is 1. The van der Waals surface area contributed by atoms with Crippen molar-refractivity contribution in [2.24, 2.45) is 5.41 Å². The van der Waals surface area contributed by atoms with Crippen molar-refractivity contribution in [2.45, 2.75) is 38.5 Å². The molecule has 1 saturated carbocycles. The van der Waals surface area contributed by atoms with Gasteiger partial charge in [-0.05, 0) is 12.8 Å². The van der Waals surface area contributed by atoms with Gasteiger partial charge in [0.05, 0.1) is 25.2 Å². The third-order valence-electron chi connectivity index (χ3n) is 3.68. The average Bonchev–Trinajstić information content (AvgIpc) is 2.47. The highest BCUT2D eigenvalue weighted by atomic mass is 16.5. The number of hydrogen-bond donors (Lipinski definition) is 0. The Morgan fingerprint density at radius 1 is 1.26 bits per heavy atom. The molecule has 0 aromatic heterocycles. The maximum Gasteiger partial charge on any atom is 0.243 e. The third kappa shape index (κ3) is 3.94. The molecule has 104 valence electrons. The molecule has 1 rings (SSSR count). The molecule has 1 amide bonds. The normalized spacial score (nSPS) is 17.2. The second-order valence-electron chi connectivity index (χ2n) is 4.95. The average molecular weight is 263 g/mol. The van der Waals surface area contributed by atoms with Gasteiger partial charge in [-0.15, -0.1) is 0 Å². The van der Waals surface area contributed by atoms with Gasteiger partial charge in [0.25, 0.3) is 0 Å². The molecule has 1 aliphatic carbocycles. The van der Waals surface area contributed by atoms with Crippen molar-refractivity contribution in [1.82, 2.24) is 4.90 Å². The third-order valence-corrected chi connectivity index (χ3v) is 3.68. The fourth-order valence-electron chi connectivity index (χ4n) is 2.53. The van der Waals surface area contributed by atoms with E-state index >= 15 is 0 Å². The number of methoxy groups -OCH3 is 1. The Kier molecular flexibility index (Phi) is 6.32. The van der Waals surface area contributed by atoms with Gasteiger partial charge in [0, 0.05) is 20.2 Å². The zero-order valence-corrected chi connectivity index (χ0v) is 11.5. The number of carbonyl (C=O) groups is 1. The lowest BCUT2D eigenvalue weighted by Gasteiger charge is -2.34. The molecule has 0 aliphatic heterocycles. The predicted octanol–water partition coefficient (Wildman–Crippen LogP) is 1.85. The summed E-state index contributed by atoms with van der Waals surface area (Å²) in [5, 5.41) is 18.1. The zero-order chi connectivity index (χ0) is 14.1. The molecule has 1 fully saturated rings. The zero-order valence-electron chi connectivity index (χ0n) is 11.5. The summed E-state index contributed by atoms with van der Waals surface area (Å²) in [5.74, 6) is -0.123. The van der Waals surface area contributed by atoms with Crippen LogP contribution in [-0.4, -0.2) is 37.6 Å².